The number of rotatable bonds is 13. The minimum absolute atomic E-state index is 0.0155. The Morgan fingerprint density at radius 2 is 1.96 bits per heavy atom. The number of allylic oxidation sites excluding steroid dienone is 2. The standard InChI is InChI=1S/C34H42N4O7S2/c1-19(2)16-38(47(41,42)23-11-12-26-30(14-23)46-33(36-26)35-22-9-10-22)17-28(39)27(13-21-7-5-4-6-8-21)37-34(40)45-31-25-18-43-32-24(20(25)3)15-29(31)44-32/h4-9,11-12,14,19-20,24-25,27-29,31-32,39H,10,13,15-18H2,1-3H3,(H,35,36)(H,37,40)/t20-,24?,25?,27+,28-,29?,31?,32?/m1/s1. The van der Waals surface area contributed by atoms with Gasteiger partial charge in [0.1, 0.15) is 6.10 Å². The molecule has 2 aliphatic carbocycles. The van der Waals surface area contributed by atoms with E-state index in [2.05, 4.69) is 28.6 Å². The highest BCUT2D eigenvalue weighted by Crippen LogP contribution is 2.50. The van der Waals surface area contributed by atoms with Crippen LogP contribution in [0.15, 0.2) is 65.2 Å². The molecule has 3 heterocycles. The van der Waals surface area contributed by atoms with E-state index in [-0.39, 0.29) is 48.6 Å². The molecule has 252 valence electrons. The smallest absolute Gasteiger partial charge is 0.407 e. The summed E-state index contributed by atoms with van der Waals surface area (Å²) in [6.45, 7) is 6.46. The van der Waals surface area contributed by atoms with Crippen LogP contribution < -0.4 is 10.6 Å². The monoisotopic (exact) mass is 682 g/mol. The van der Waals surface area contributed by atoms with Crippen molar-refractivity contribution in [1.29, 1.82) is 0 Å². The molecule has 4 aliphatic rings. The number of sulfonamides is 1. The number of carbonyl (C=O) groups is 1. The van der Waals surface area contributed by atoms with Gasteiger partial charge < -0.3 is 30.0 Å². The average Bonchev–Trinajstić information content (AvgIpc) is 3.65. The van der Waals surface area contributed by atoms with Crippen molar-refractivity contribution in [3.63, 3.8) is 0 Å². The van der Waals surface area contributed by atoms with E-state index in [1.165, 1.54) is 15.6 Å². The molecule has 8 atom stereocenters. The molecule has 5 unspecified atom stereocenters. The Morgan fingerprint density at radius 3 is 2.70 bits per heavy atom. The van der Waals surface area contributed by atoms with Crippen molar-refractivity contribution in [3.05, 3.63) is 65.9 Å². The van der Waals surface area contributed by atoms with Gasteiger partial charge in [0.15, 0.2) is 11.4 Å². The Labute approximate surface area is 279 Å². The first-order chi connectivity index (χ1) is 22.5. The fourth-order valence-corrected chi connectivity index (χ4v) is 9.75. The number of alkyl carbamates (subject to hydrolysis) is 1. The van der Waals surface area contributed by atoms with Crippen LogP contribution in [0, 0.1) is 23.7 Å². The lowest BCUT2D eigenvalue weighted by atomic mass is 9.70. The zero-order chi connectivity index (χ0) is 32.9. The Bertz CT molecular complexity index is 1750. The van der Waals surface area contributed by atoms with Gasteiger partial charge in [0, 0.05) is 37.0 Å². The summed E-state index contributed by atoms with van der Waals surface area (Å²) >= 11 is 1.40. The molecule has 1 saturated carbocycles. The lowest BCUT2D eigenvalue weighted by Gasteiger charge is -2.42. The van der Waals surface area contributed by atoms with Crippen LogP contribution in [0.25, 0.3) is 10.2 Å². The fourth-order valence-electron chi connectivity index (χ4n) is 7.09. The van der Waals surface area contributed by atoms with Crippen LogP contribution in [0.4, 0.5) is 9.93 Å². The average molecular weight is 683 g/mol. The molecule has 3 fully saturated rings. The van der Waals surface area contributed by atoms with Crippen molar-refractivity contribution in [3.8, 4) is 0 Å². The van der Waals surface area contributed by atoms with Crippen molar-refractivity contribution in [1.82, 2.24) is 14.6 Å². The van der Waals surface area contributed by atoms with Crippen LogP contribution in [0.3, 0.4) is 0 Å². The van der Waals surface area contributed by atoms with E-state index >= 15 is 0 Å². The summed E-state index contributed by atoms with van der Waals surface area (Å²) in [5.41, 5.74) is 2.70. The number of fused-ring (bicyclic) bond motifs is 3. The highest BCUT2D eigenvalue weighted by Gasteiger charge is 2.57. The minimum Gasteiger partial charge on any atom is -0.443 e. The number of nitrogens with one attached hydrogen (secondary N) is 2. The quantitative estimate of drug-likeness (QED) is 0.233. The highest BCUT2D eigenvalue weighted by atomic mass is 32.2. The van der Waals surface area contributed by atoms with Crippen LogP contribution in [0.2, 0.25) is 0 Å². The highest BCUT2D eigenvalue weighted by molar-refractivity contribution is 7.89. The van der Waals surface area contributed by atoms with E-state index in [1.807, 2.05) is 44.2 Å². The second kappa shape index (κ2) is 13.1. The zero-order valence-corrected chi connectivity index (χ0v) is 28.4. The number of thiazole rings is 1. The molecule has 3 N–H and O–H groups in total. The summed E-state index contributed by atoms with van der Waals surface area (Å²) in [5.74, 6) is 0.617. The van der Waals surface area contributed by atoms with Gasteiger partial charge in [0.25, 0.3) is 0 Å². The summed E-state index contributed by atoms with van der Waals surface area (Å²) in [5, 5.41) is 18.6. The molecule has 1 amide bonds. The van der Waals surface area contributed by atoms with Crippen LogP contribution in [-0.4, -0.2) is 79.2 Å². The molecule has 1 aromatic heterocycles. The summed E-state index contributed by atoms with van der Waals surface area (Å²) in [7, 11) is -4.01. The molecule has 3 bridgehead atoms. The normalized spacial score (nSPS) is 27.6. The van der Waals surface area contributed by atoms with Crippen molar-refractivity contribution >= 4 is 42.8 Å². The van der Waals surface area contributed by atoms with Crippen LogP contribution in [-0.2, 0) is 30.7 Å². The van der Waals surface area contributed by atoms with Gasteiger partial charge in [-0.25, -0.2) is 18.2 Å². The van der Waals surface area contributed by atoms with Gasteiger partial charge >= 0.3 is 6.09 Å². The summed E-state index contributed by atoms with van der Waals surface area (Å²) in [6.07, 6.45) is 1.19. The van der Waals surface area contributed by atoms with Gasteiger partial charge in [-0.2, -0.15) is 4.31 Å². The number of aromatic nitrogens is 1. The SMILES string of the molecule is CC(C)CN(C[C@@H](O)[C@H](Cc1ccccc1)NC(=O)OC1C2CC3C(OCC1[C@@H]3C)O2)S(=O)(=O)c1ccc2nc(NC3=CC3)sc2c1. The van der Waals surface area contributed by atoms with Gasteiger partial charge in [-0.3, -0.25) is 0 Å². The van der Waals surface area contributed by atoms with E-state index in [0.717, 1.165) is 33.9 Å². The topological polar surface area (TPSA) is 139 Å². The number of aliphatic hydroxyl groups excluding tert-OH is 1. The van der Waals surface area contributed by atoms with Crippen molar-refractivity contribution in [2.45, 2.75) is 75.6 Å². The number of amides is 1. The minimum atomic E-state index is -4.01. The maximum atomic E-state index is 14.1. The maximum absolute atomic E-state index is 14.1. The predicted molar refractivity (Wildman–Crippen MR) is 178 cm³/mol. The number of ether oxygens (including phenoxy) is 3. The van der Waals surface area contributed by atoms with Crippen LogP contribution in [0.5, 0.6) is 0 Å². The first-order valence-electron chi connectivity index (χ1n) is 16.4. The molecule has 2 aliphatic heterocycles. The van der Waals surface area contributed by atoms with E-state index in [9.17, 15) is 18.3 Å². The van der Waals surface area contributed by atoms with E-state index in [1.54, 1.807) is 18.2 Å². The second-order valence-electron chi connectivity index (χ2n) is 13.6. The fraction of sp³-hybridized carbons (Fsp3) is 0.529. The molecular formula is C34H42N4O7S2. The third-order valence-corrected chi connectivity index (χ3v) is 12.5. The van der Waals surface area contributed by atoms with Gasteiger partial charge in [-0.15, -0.1) is 0 Å². The predicted octanol–water partition coefficient (Wildman–Crippen LogP) is 4.74. The Morgan fingerprint density at radius 1 is 1.17 bits per heavy atom. The van der Waals surface area contributed by atoms with Gasteiger partial charge in [-0.1, -0.05) is 68.5 Å². The summed E-state index contributed by atoms with van der Waals surface area (Å²) < 4.78 is 48.3. The number of aliphatic hydroxyl groups is 1. The lowest BCUT2D eigenvalue weighted by molar-refractivity contribution is -0.167. The maximum Gasteiger partial charge on any atom is 0.407 e. The van der Waals surface area contributed by atoms with Crippen LogP contribution in [0.1, 0.15) is 39.2 Å². The Hall–Kier alpha value is -3.07. The first kappa shape index (κ1) is 32.5. The molecule has 7 rings (SSSR count). The molecule has 47 heavy (non-hydrogen) atoms. The van der Waals surface area contributed by atoms with Crippen LogP contribution >= 0.6 is 11.3 Å². The first-order valence-corrected chi connectivity index (χ1v) is 18.6. The molecule has 11 nitrogen and oxygen atoms in total. The second-order valence-corrected chi connectivity index (χ2v) is 16.6. The molecule has 0 spiro atoms. The Kier molecular flexibility index (Phi) is 9.05. The summed E-state index contributed by atoms with van der Waals surface area (Å²) in [4.78, 5) is 18.2. The number of nitrogens with zero attached hydrogens (tertiary/aromatic N) is 2. The van der Waals surface area contributed by atoms with E-state index < -0.39 is 34.4 Å². The van der Waals surface area contributed by atoms with Crippen molar-refractivity contribution < 1.29 is 32.5 Å². The number of carbonyl (C=O) groups excluding carboxylic acids is 1. The van der Waals surface area contributed by atoms with Gasteiger partial charge in [-0.05, 0) is 48.4 Å². The Balaban J connectivity index is 1.10. The molecule has 13 heteroatoms. The molecule has 0 radical (unpaired) electrons. The molecular weight excluding hydrogens is 641 g/mol. The van der Waals surface area contributed by atoms with E-state index in [4.69, 9.17) is 14.2 Å². The number of benzene rings is 2. The van der Waals surface area contributed by atoms with Crippen molar-refractivity contribution in [2.75, 3.05) is 25.0 Å². The van der Waals surface area contributed by atoms with E-state index in [0.29, 0.717) is 24.0 Å². The molecule has 3 aromatic rings. The van der Waals surface area contributed by atoms with Gasteiger partial charge in [0.2, 0.25) is 10.0 Å². The molecule has 2 saturated heterocycles. The number of hydrogen-bond donors (Lipinski definition) is 3. The van der Waals surface area contributed by atoms with Gasteiger partial charge in [0.05, 0.1) is 40.0 Å². The molecule has 2 aromatic carbocycles. The third-order valence-electron chi connectivity index (χ3n) is 9.70. The largest absolute Gasteiger partial charge is 0.443 e. The zero-order valence-electron chi connectivity index (χ0n) is 26.7. The summed E-state index contributed by atoms with van der Waals surface area (Å²) in [6, 6.07) is 13.6. The van der Waals surface area contributed by atoms with Crippen molar-refractivity contribution in [2.24, 2.45) is 23.7 Å². The third kappa shape index (κ3) is 6.92. The number of anilines is 1. The lowest BCUT2D eigenvalue weighted by Crippen LogP contribution is -2.54. The number of hydrogen-bond acceptors (Lipinski definition) is 10.